The fourth-order valence-corrected chi connectivity index (χ4v) is 11.9. The number of fused-ring (bicyclic) bond motifs is 2. The zero-order valence-electron chi connectivity index (χ0n) is 48.7. The standard InChI is InChI=1S/C61H86N10O11S/c1-5-56(74)64-45-15-12-16-46(37-45)65-59-43(2)39-62-60(69-59)66-47-17-13-22-50(38-47)82-36-35-80-30-27-71-53-25-26-70(41-54(77-4)44(3)51(53)40-63-71)57(75)24-14-21-49(73)20-9-11-29-79-32-34-81-33-31-78-28-10-8-19-48(72)18-6-7-23-55-58-52(42-83-55)67-61(76)68-58/h5,12-13,15-17,22,37-40,44,52,54-55,58H,1,6-11,14,18-21,23-36,41-42H2,2-4H3,(H,64,74)(H2,67,68,76)(H2,62,65,66,69)/t44-,52-,54-,55-,58-/m0/s1. The smallest absolute Gasteiger partial charge is 0.315 e. The van der Waals surface area contributed by atoms with Crippen molar-refractivity contribution in [2.24, 2.45) is 0 Å². The molecule has 0 bridgehead atoms. The van der Waals surface area contributed by atoms with E-state index >= 15 is 0 Å². The lowest BCUT2D eigenvalue weighted by atomic mass is 9.92. The van der Waals surface area contributed by atoms with Gasteiger partial charge in [0.25, 0.3) is 0 Å². The van der Waals surface area contributed by atoms with Gasteiger partial charge in [-0.25, -0.2) is 9.78 Å². The number of ether oxygens (including phenoxy) is 6. The van der Waals surface area contributed by atoms with E-state index < -0.39 is 0 Å². The number of hydrogen-bond donors (Lipinski definition) is 5. The maximum atomic E-state index is 13.6. The minimum atomic E-state index is -0.293. The van der Waals surface area contributed by atoms with Crippen molar-refractivity contribution in [1.29, 1.82) is 0 Å². The van der Waals surface area contributed by atoms with Crippen LogP contribution in [0.1, 0.15) is 113 Å². The molecule has 3 aliphatic rings. The average molecular weight is 1170 g/mol. The van der Waals surface area contributed by atoms with Crippen LogP contribution in [0.2, 0.25) is 0 Å². The number of unbranched alkanes of at least 4 members (excludes halogenated alkanes) is 3. The Bertz CT molecular complexity index is 2710. The summed E-state index contributed by atoms with van der Waals surface area (Å²) in [6, 6.07) is 15.3. The number of anilines is 5. The van der Waals surface area contributed by atoms with Gasteiger partial charge >= 0.3 is 6.03 Å². The molecule has 2 saturated heterocycles. The number of nitrogens with zero attached hydrogens (tertiary/aromatic N) is 5. The minimum absolute atomic E-state index is 0.0156. The summed E-state index contributed by atoms with van der Waals surface area (Å²) in [5.41, 5.74) is 5.14. The van der Waals surface area contributed by atoms with Crippen LogP contribution >= 0.6 is 11.8 Å². The van der Waals surface area contributed by atoms with E-state index in [0.717, 1.165) is 78.9 Å². The first-order valence-electron chi connectivity index (χ1n) is 29.5. The lowest BCUT2D eigenvalue weighted by molar-refractivity contribution is -0.133. The van der Waals surface area contributed by atoms with E-state index in [1.165, 1.54) is 6.08 Å². The van der Waals surface area contributed by atoms with E-state index in [2.05, 4.69) is 50.1 Å². The zero-order chi connectivity index (χ0) is 58.6. The molecular weight excluding hydrogens is 1080 g/mol. The van der Waals surface area contributed by atoms with Crippen LogP contribution in [0.15, 0.2) is 73.6 Å². The number of Topliss-reactive ketones (excluding diaryl/α,β-unsaturated/α-hetero) is 2. The maximum absolute atomic E-state index is 13.6. The lowest BCUT2D eigenvalue weighted by Gasteiger charge is -2.33. The van der Waals surface area contributed by atoms with Gasteiger partial charge in [-0.2, -0.15) is 21.8 Å². The predicted octanol–water partition coefficient (Wildman–Crippen LogP) is 8.62. The number of carbonyl (C=O) groups is 5. The Labute approximate surface area is 492 Å². The average Bonchev–Trinajstić information content (AvgIpc) is 4.27. The monoisotopic (exact) mass is 1170 g/mol. The van der Waals surface area contributed by atoms with Gasteiger partial charge in [0.2, 0.25) is 17.8 Å². The van der Waals surface area contributed by atoms with E-state index in [0.29, 0.717) is 158 Å². The Balaban J connectivity index is 0.687. The quantitative estimate of drug-likeness (QED) is 0.0159. The van der Waals surface area contributed by atoms with Gasteiger partial charge in [0.05, 0.1) is 70.6 Å². The molecule has 452 valence electrons. The number of urea groups is 1. The van der Waals surface area contributed by atoms with Gasteiger partial charge < -0.3 is 59.9 Å². The van der Waals surface area contributed by atoms with Crippen molar-refractivity contribution in [3.8, 4) is 5.75 Å². The second kappa shape index (κ2) is 35.0. The number of carbonyl (C=O) groups excluding carboxylic acids is 5. The lowest BCUT2D eigenvalue weighted by Crippen LogP contribution is -2.43. The van der Waals surface area contributed by atoms with Crippen LogP contribution in [-0.4, -0.2) is 163 Å². The summed E-state index contributed by atoms with van der Waals surface area (Å²) < 4.78 is 36.9. The Morgan fingerprint density at radius 2 is 1.43 bits per heavy atom. The maximum Gasteiger partial charge on any atom is 0.315 e. The van der Waals surface area contributed by atoms with Gasteiger partial charge in [-0.1, -0.05) is 32.1 Å². The molecule has 2 aromatic heterocycles. The van der Waals surface area contributed by atoms with Crippen LogP contribution in [0, 0.1) is 6.92 Å². The molecule has 5 atom stereocenters. The van der Waals surface area contributed by atoms with Crippen molar-refractivity contribution in [3.05, 3.63) is 90.4 Å². The molecule has 3 aliphatic heterocycles. The summed E-state index contributed by atoms with van der Waals surface area (Å²) in [6.07, 6.45) is 14.3. The molecule has 5 heterocycles. The number of aromatic nitrogens is 4. The van der Waals surface area contributed by atoms with E-state index in [-0.39, 0.29) is 47.7 Å². The van der Waals surface area contributed by atoms with E-state index in [9.17, 15) is 24.0 Å². The summed E-state index contributed by atoms with van der Waals surface area (Å²) in [7, 11) is 1.68. The molecule has 2 aromatic carbocycles. The second-order valence-electron chi connectivity index (χ2n) is 21.2. The molecule has 0 saturated carbocycles. The van der Waals surface area contributed by atoms with E-state index in [1.54, 1.807) is 19.4 Å². The fourth-order valence-electron chi connectivity index (χ4n) is 10.3. The Morgan fingerprint density at radius 3 is 2.17 bits per heavy atom. The van der Waals surface area contributed by atoms with Crippen molar-refractivity contribution >= 4 is 70.0 Å². The number of benzene rings is 2. The van der Waals surface area contributed by atoms with Gasteiger partial charge in [0, 0.05) is 129 Å². The fraction of sp³-hybridized carbons (Fsp3) is 0.574. The van der Waals surface area contributed by atoms with Crippen LogP contribution in [0.4, 0.5) is 33.6 Å². The normalized spacial score (nSPS) is 18.3. The zero-order valence-corrected chi connectivity index (χ0v) is 49.5. The van der Waals surface area contributed by atoms with Gasteiger partial charge in [0.15, 0.2) is 0 Å². The number of thioether (sulfide) groups is 1. The summed E-state index contributed by atoms with van der Waals surface area (Å²) in [4.78, 5) is 73.0. The Morgan fingerprint density at radius 1 is 0.771 bits per heavy atom. The molecule has 22 heteroatoms. The second-order valence-corrected chi connectivity index (χ2v) is 22.5. The highest BCUT2D eigenvalue weighted by Crippen LogP contribution is 2.34. The molecule has 5 N–H and O–H groups in total. The van der Waals surface area contributed by atoms with Gasteiger partial charge in [-0.05, 0) is 93.8 Å². The molecule has 4 aromatic rings. The van der Waals surface area contributed by atoms with Crippen LogP contribution in [-0.2, 0) is 55.8 Å². The number of methoxy groups -OCH3 is 1. The number of amides is 4. The topological polar surface area (TPSA) is 248 Å². The highest BCUT2D eigenvalue weighted by Gasteiger charge is 2.42. The van der Waals surface area contributed by atoms with Crippen LogP contribution in [0.5, 0.6) is 5.75 Å². The first-order chi connectivity index (χ1) is 40.5. The third-order valence-electron chi connectivity index (χ3n) is 15.0. The van der Waals surface area contributed by atoms with E-state index in [4.69, 9.17) is 33.5 Å². The predicted molar refractivity (Wildman–Crippen MR) is 321 cm³/mol. The number of aryl methyl sites for hydroxylation is 1. The number of nitrogens with one attached hydrogen (secondary N) is 5. The van der Waals surface area contributed by atoms with Crippen molar-refractivity contribution in [1.82, 2.24) is 35.3 Å². The minimum Gasteiger partial charge on any atom is -0.491 e. The first-order valence-corrected chi connectivity index (χ1v) is 30.5. The van der Waals surface area contributed by atoms with Gasteiger partial charge in [-0.3, -0.25) is 23.9 Å². The first kappa shape index (κ1) is 64.1. The highest BCUT2D eigenvalue weighted by molar-refractivity contribution is 8.00. The SMILES string of the molecule is C=CC(=O)Nc1cccc(Nc2nc(Nc3cccc(OCCOCCn4ncc5c4CCN(C(=O)CCCC(=O)CCCCOCCOCCOCCCCC(=O)CCCC[C@@H]4SC[C@@H]6NC(=O)N[C@@H]64)C[C@H](OC)[C@H]5C)c3)ncc2C)c1. The molecule has 21 nitrogen and oxygen atoms in total. The summed E-state index contributed by atoms with van der Waals surface area (Å²) in [6.45, 7) is 13.3. The Hall–Kier alpha value is -6.43. The van der Waals surface area contributed by atoms with Gasteiger partial charge in [0.1, 0.15) is 29.7 Å². The molecule has 0 aliphatic carbocycles. The Kier molecular flexibility index (Phi) is 27.0. The number of rotatable bonds is 39. The molecule has 0 unspecified atom stereocenters. The van der Waals surface area contributed by atoms with Crippen molar-refractivity contribution < 1.29 is 52.4 Å². The highest BCUT2D eigenvalue weighted by atomic mass is 32.2. The van der Waals surface area contributed by atoms with Crippen LogP contribution in [0.3, 0.4) is 0 Å². The third-order valence-corrected chi connectivity index (χ3v) is 16.5. The summed E-state index contributed by atoms with van der Waals surface area (Å²) in [5.74, 6) is 2.85. The largest absolute Gasteiger partial charge is 0.491 e. The van der Waals surface area contributed by atoms with E-state index in [1.807, 2.05) is 76.9 Å². The molecular formula is C61H86N10O11S. The molecule has 83 heavy (non-hydrogen) atoms. The van der Waals surface area contributed by atoms with Crippen LogP contribution in [0.25, 0.3) is 0 Å². The van der Waals surface area contributed by atoms with Crippen molar-refractivity contribution in [2.75, 3.05) is 101 Å². The molecule has 0 radical (unpaired) electrons. The molecule has 7 rings (SSSR count). The van der Waals surface area contributed by atoms with Crippen LogP contribution < -0.4 is 31.3 Å². The van der Waals surface area contributed by atoms with Gasteiger partial charge in [-0.15, -0.1) is 0 Å². The summed E-state index contributed by atoms with van der Waals surface area (Å²) >= 11 is 1.92. The van der Waals surface area contributed by atoms with Crippen molar-refractivity contribution in [3.63, 3.8) is 0 Å². The number of ketones is 2. The third kappa shape index (κ3) is 21.6. The number of hydrogen-bond acceptors (Lipinski definition) is 17. The molecule has 2 fully saturated rings. The molecule has 0 spiro atoms. The summed E-state index contributed by atoms with van der Waals surface area (Å²) in [5, 5.41) is 20.5. The molecule has 4 amide bonds. The van der Waals surface area contributed by atoms with Crippen molar-refractivity contribution in [2.45, 2.75) is 140 Å².